The Kier molecular flexibility index (Phi) is 38.9. The summed E-state index contributed by atoms with van der Waals surface area (Å²) in [4.78, 5) is 187. The van der Waals surface area contributed by atoms with Crippen molar-refractivity contribution < 1.29 is 92.7 Å². The number of aliphatic imine (C=N–C) groups is 1. The number of rotatable bonds is 46. The van der Waals surface area contributed by atoms with Gasteiger partial charge in [0.05, 0.1) is 25.5 Å². The lowest BCUT2D eigenvalue weighted by molar-refractivity contribution is -0.143. The van der Waals surface area contributed by atoms with Crippen LogP contribution in [0.2, 0.25) is 0 Å². The predicted molar refractivity (Wildman–Crippen MR) is 317 cm³/mol. The lowest BCUT2D eigenvalue weighted by Crippen LogP contribution is -2.61. The molecule has 11 atom stereocenters. The Morgan fingerprint density at radius 2 is 0.818 bits per heavy atom. The van der Waals surface area contributed by atoms with Crippen molar-refractivity contribution in [1.82, 2.24) is 53.2 Å². The Morgan fingerprint density at radius 3 is 1.25 bits per heavy atom. The highest BCUT2D eigenvalue weighted by Crippen LogP contribution is 2.12. The molecular weight excluding hydrogens is 1180 g/mol. The van der Waals surface area contributed by atoms with E-state index in [1.165, 1.54) is 32.5 Å². The maximum atomic E-state index is 14.1. The molecule has 0 spiro atoms. The van der Waals surface area contributed by atoms with Gasteiger partial charge in [0, 0.05) is 13.0 Å². The van der Waals surface area contributed by atoms with E-state index in [1.807, 2.05) is 0 Å². The number of aliphatic hydroxyl groups is 1. The second kappa shape index (κ2) is 42.8. The summed E-state index contributed by atoms with van der Waals surface area (Å²) in [5, 5.41) is 71.8. The monoisotopic (exact) mass is 1280 g/mol. The van der Waals surface area contributed by atoms with Gasteiger partial charge in [0.15, 0.2) is 5.96 Å². The number of hydrogen-bond donors (Lipinski definition) is 20. The summed E-state index contributed by atoms with van der Waals surface area (Å²) in [5.41, 5.74) is 27.9. The first-order chi connectivity index (χ1) is 41.2. The number of guanidine groups is 1. The molecule has 0 unspecified atom stereocenters. The van der Waals surface area contributed by atoms with Crippen LogP contribution in [0, 0.1) is 11.8 Å². The van der Waals surface area contributed by atoms with Crippen LogP contribution in [0.25, 0.3) is 0 Å². The normalized spacial score (nSPS) is 14.8. The van der Waals surface area contributed by atoms with E-state index in [9.17, 15) is 87.5 Å². The number of nitrogens with zero attached hydrogens (tertiary/aromatic N) is 1. The molecule has 500 valence electrons. The number of aliphatic carboxylic acids is 4. The number of carboxylic acids is 4. The molecule has 88 heavy (non-hydrogen) atoms. The summed E-state index contributed by atoms with van der Waals surface area (Å²) < 4.78 is 0. The van der Waals surface area contributed by atoms with Crippen LogP contribution in [0.4, 0.5) is 0 Å². The SMILES string of the molecule is CSCC[C@H](NC(=O)[C@H](CO)NC(=O)[C@H](CC(=O)O)NC(=O)[C@@H](NC(=O)[C@H](CCCN=C(N)N)NC(=O)[C@H](C)NC(=O)[C@H](CCCCN)NC(=O)[C@H](CCC(=O)O)NC(=O)[C@H](CCCCN)NC(=O)[C@@H](N)CC(=O)O)C(C)C)C(=O)N[C@H](C(=O)O)C(C)C. The molecule has 0 aromatic carbocycles. The number of aliphatic hydroxyl groups excluding tert-OH is 1. The first-order valence-corrected chi connectivity index (χ1v) is 29.9. The van der Waals surface area contributed by atoms with Crippen LogP contribution in [0.3, 0.4) is 0 Å². The molecule has 0 aromatic rings. The fourth-order valence-corrected chi connectivity index (χ4v) is 8.53. The zero-order valence-electron chi connectivity index (χ0n) is 50.4. The molecule has 0 aromatic heterocycles. The number of thioether (sulfide) groups is 1. The van der Waals surface area contributed by atoms with Crippen molar-refractivity contribution in [3.05, 3.63) is 0 Å². The number of nitrogens with two attached hydrogens (primary N) is 5. The third-order valence-electron chi connectivity index (χ3n) is 13.0. The lowest BCUT2D eigenvalue weighted by Gasteiger charge is -2.28. The van der Waals surface area contributed by atoms with E-state index in [-0.39, 0.29) is 70.5 Å². The molecular formula is C52H92N16O19S. The third-order valence-corrected chi connectivity index (χ3v) is 13.7. The molecule has 0 rings (SSSR count). The van der Waals surface area contributed by atoms with Gasteiger partial charge in [0.2, 0.25) is 59.1 Å². The molecule has 0 aliphatic heterocycles. The van der Waals surface area contributed by atoms with Gasteiger partial charge in [-0.2, -0.15) is 11.8 Å². The van der Waals surface area contributed by atoms with Crippen molar-refractivity contribution >= 4 is 101 Å². The van der Waals surface area contributed by atoms with Gasteiger partial charge in [-0.3, -0.25) is 67.3 Å². The minimum atomic E-state index is -1.97. The Morgan fingerprint density at radius 1 is 0.432 bits per heavy atom. The molecule has 25 N–H and O–H groups in total. The topological polar surface area (TPSA) is 603 Å². The van der Waals surface area contributed by atoms with Crippen molar-refractivity contribution in [3.63, 3.8) is 0 Å². The van der Waals surface area contributed by atoms with Gasteiger partial charge in [-0.05, 0) is 108 Å². The standard InChI is InChI=1S/C52H92N16O19S/c1-25(2)39(50(85)65-34(23-38(74)75)48(83)66-35(24-69)49(84)64-33(17-21-88-6)47(82)68-40(26(3)4)51(86)87)67-46(81)31(14-11-20-58-52(56)57)60-41(76)27(5)59-43(78)29(12-7-9-18-53)62-45(80)32(15-16-36(70)71)63-44(79)30(13-8-10-19-54)61-42(77)28(55)22-37(72)73/h25-35,39-40,69H,7-24,53-55H2,1-6H3,(H,59,78)(H,60,76)(H,61,77)(H,62,80)(H,63,79)(H,64,84)(H,65,85)(H,66,83)(H,67,81)(H,68,82)(H,70,71)(H,72,73)(H,74,75)(H,86,87)(H4,56,57,58)/t27-,28-,29-,30-,31-,32-,33-,34-,35-,39-,40-/m0/s1. The molecule has 0 aliphatic rings. The van der Waals surface area contributed by atoms with Gasteiger partial charge in [-0.1, -0.05) is 27.7 Å². The van der Waals surface area contributed by atoms with Gasteiger partial charge in [0.25, 0.3) is 0 Å². The third kappa shape index (κ3) is 32.1. The van der Waals surface area contributed by atoms with Gasteiger partial charge in [-0.15, -0.1) is 0 Å². The molecule has 10 amide bonds. The van der Waals surface area contributed by atoms with E-state index in [4.69, 9.17) is 33.8 Å². The van der Waals surface area contributed by atoms with Crippen LogP contribution in [0.5, 0.6) is 0 Å². The molecule has 0 aliphatic carbocycles. The number of carbonyl (C=O) groups excluding carboxylic acids is 10. The van der Waals surface area contributed by atoms with Crippen LogP contribution >= 0.6 is 11.8 Å². The summed E-state index contributed by atoms with van der Waals surface area (Å²) in [6.45, 7) is 6.42. The fourth-order valence-electron chi connectivity index (χ4n) is 8.06. The van der Waals surface area contributed by atoms with Crippen LogP contribution in [0.15, 0.2) is 4.99 Å². The largest absolute Gasteiger partial charge is 0.481 e. The van der Waals surface area contributed by atoms with E-state index in [1.54, 1.807) is 20.1 Å². The average Bonchev–Trinajstić information content (AvgIpc) is 3.46. The van der Waals surface area contributed by atoms with E-state index in [0.29, 0.717) is 18.6 Å². The van der Waals surface area contributed by atoms with Gasteiger partial charge in [-0.25, -0.2) is 4.79 Å². The summed E-state index contributed by atoms with van der Waals surface area (Å²) >= 11 is 1.29. The van der Waals surface area contributed by atoms with Crippen LogP contribution in [0.1, 0.15) is 118 Å². The Bertz CT molecular complexity index is 2400. The Balaban J connectivity index is 6.74. The number of nitrogens with one attached hydrogen (secondary N) is 10. The highest BCUT2D eigenvalue weighted by molar-refractivity contribution is 7.98. The Hall–Kier alpha value is -7.96. The molecule has 0 radical (unpaired) electrons. The fraction of sp³-hybridized carbons (Fsp3) is 0.712. The number of carboxylic acid groups (broad SMARTS) is 4. The molecule has 0 fully saturated rings. The van der Waals surface area contributed by atoms with Crippen molar-refractivity contribution in [2.24, 2.45) is 45.5 Å². The second-order valence-corrected chi connectivity index (χ2v) is 22.2. The maximum Gasteiger partial charge on any atom is 0.326 e. The second-order valence-electron chi connectivity index (χ2n) is 21.2. The van der Waals surface area contributed by atoms with E-state index in [0.717, 1.165) is 0 Å². The zero-order chi connectivity index (χ0) is 67.4. The number of amides is 10. The molecule has 0 heterocycles. The summed E-state index contributed by atoms with van der Waals surface area (Å²) in [6, 6.07) is -17.2. The molecule has 0 saturated heterocycles. The minimum absolute atomic E-state index is 0.0161. The summed E-state index contributed by atoms with van der Waals surface area (Å²) in [7, 11) is 0. The van der Waals surface area contributed by atoms with Gasteiger partial charge >= 0.3 is 23.9 Å². The van der Waals surface area contributed by atoms with Crippen LogP contribution < -0.4 is 81.8 Å². The number of unbranched alkanes of at least 4 members (excludes halogenated alkanes) is 2. The quantitative estimate of drug-likeness (QED) is 0.0153. The lowest BCUT2D eigenvalue weighted by atomic mass is 10.0. The van der Waals surface area contributed by atoms with Gasteiger partial charge in [0.1, 0.15) is 60.4 Å². The number of hydrogen-bond acceptors (Lipinski definition) is 20. The average molecular weight is 1280 g/mol. The molecule has 35 nitrogen and oxygen atoms in total. The number of carbonyl (C=O) groups is 14. The highest BCUT2D eigenvalue weighted by Gasteiger charge is 2.37. The minimum Gasteiger partial charge on any atom is -0.481 e. The first kappa shape index (κ1) is 80.0. The van der Waals surface area contributed by atoms with E-state index in [2.05, 4.69) is 58.2 Å². The smallest absolute Gasteiger partial charge is 0.326 e. The maximum absolute atomic E-state index is 14.1. The van der Waals surface area contributed by atoms with E-state index < -0.39 is 194 Å². The summed E-state index contributed by atoms with van der Waals surface area (Å²) in [5.74, 6) is -17.6. The van der Waals surface area contributed by atoms with Crippen molar-refractivity contribution in [2.75, 3.05) is 38.2 Å². The highest BCUT2D eigenvalue weighted by atomic mass is 32.2. The Labute approximate surface area is 513 Å². The predicted octanol–water partition coefficient (Wildman–Crippen LogP) is -6.55. The molecule has 36 heteroatoms. The van der Waals surface area contributed by atoms with Gasteiger partial charge < -0.3 is 107 Å². The van der Waals surface area contributed by atoms with Crippen LogP contribution in [-0.2, 0) is 67.1 Å². The zero-order valence-corrected chi connectivity index (χ0v) is 51.2. The van der Waals surface area contributed by atoms with Crippen LogP contribution in [-0.4, -0.2) is 219 Å². The molecule has 0 bridgehead atoms. The van der Waals surface area contributed by atoms with Crippen molar-refractivity contribution in [1.29, 1.82) is 0 Å². The van der Waals surface area contributed by atoms with Crippen molar-refractivity contribution in [2.45, 2.75) is 185 Å². The molecule has 0 saturated carbocycles. The van der Waals surface area contributed by atoms with Crippen molar-refractivity contribution in [3.8, 4) is 0 Å². The van der Waals surface area contributed by atoms with E-state index >= 15 is 0 Å². The first-order valence-electron chi connectivity index (χ1n) is 28.5. The summed E-state index contributed by atoms with van der Waals surface area (Å²) in [6.07, 6.45) is -0.542.